The van der Waals surface area contributed by atoms with Gasteiger partial charge in [0.1, 0.15) is 0 Å². The molecule has 4 rings (SSSR count). The lowest BCUT2D eigenvalue weighted by atomic mass is 9.80. The molecule has 2 aliphatic rings. The first kappa shape index (κ1) is 23.9. The minimum atomic E-state index is 0.648. The monoisotopic (exact) mass is 443 g/mol. The predicted octanol–water partition coefficient (Wildman–Crippen LogP) is 6.35. The standard InChI is InChI=1S/C30H41N3/c1-23-11-13-26(14-12-23)29(15-19-33-17-4-5-18-33)30-10-6-8-27(32-30)9-7-16-31-28-21-24(2)20-25(3)22-28/h6-15,24-25,28,31H,4-5,16-22H2,1-3H3/b9-7+,29-15+. The third kappa shape index (κ3) is 7.12. The first-order chi connectivity index (χ1) is 16.1. The van der Waals surface area contributed by atoms with Crippen LogP contribution in [0.3, 0.4) is 0 Å². The molecule has 1 aromatic carbocycles. The van der Waals surface area contributed by atoms with Gasteiger partial charge in [0.25, 0.3) is 0 Å². The number of nitrogens with zero attached hydrogens (tertiary/aromatic N) is 2. The second-order valence-electron chi connectivity index (χ2n) is 10.4. The minimum Gasteiger partial charge on any atom is -0.310 e. The van der Waals surface area contributed by atoms with E-state index in [1.165, 1.54) is 61.9 Å². The van der Waals surface area contributed by atoms with Crippen molar-refractivity contribution in [2.75, 3.05) is 26.2 Å². The van der Waals surface area contributed by atoms with E-state index in [-0.39, 0.29) is 0 Å². The molecule has 2 heterocycles. The highest BCUT2D eigenvalue weighted by atomic mass is 15.1. The zero-order chi connectivity index (χ0) is 23.0. The topological polar surface area (TPSA) is 28.2 Å². The molecule has 2 atom stereocenters. The maximum Gasteiger partial charge on any atom is 0.0712 e. The maximum atomic E-state index is 5.02. The van der Waals surface area contributed by atoms with Gasteiger partial charge >= 0.3 is 0 Å². The fraction of sp³-hybridized carbons (Fsp3) is 0.500. The summed E-state index contributed by atoms with van der Waals surface area (Å²) in [4.78, 5) is 7.56. The molecular formula is C30H41N3. The number of rotatable bonds is 8. The van der Waals surface area contributed by atoms with Crippen LogP contribution >= 0.6 is 0 Å². The van der Waals surface area contributed by atoms with Crippen molar-refractivity contribution in [2.45, 2.75) is 58.9 Å². The minimum absolute atomic E-state index is 0.648. The van der Waals surface area contributed by atoms with Crippen molar-refractivity contribution in [3.8, 4) is 0 Å². The van der Waals surface area contributed by atoms with E-state index in [9.17, 15) is 0 Å². The Hall–Kier alpha value is -2.23. The molecule has 2 unspecified atom stereocenters. The van der Waals surface area contributed by atoms with Crippen molar-refractivity contribution in [1.29, 1.82) is 0 Å². The van der Waals surface area contributed by atoms with Gasteiger partial charge in [0.2, 0.25) is 0 Å². The second kappa shape index (κ2) is 11.8. The second-order valence-corrected chi connectivity index (χ2v) is 10.4. The Labute approximate surface area is 201 Å². The number of hydrogen-bond donors (Lipinski definition) is 1. The first-order valence-electron chi connectivity index (χ1n) is 12.9. The Morgan fingerprint density at radius 3 is 2.45 bits per heavy atom. The molecule has 0 radical (unpaired) electrons. The van der Waals surface area contributed by atoms with E-state index in [1.54, 1.807) is 0 Å². The molecule has 1 aliphatic heterocycles. The number of pyridine rings is 1. The number of likely N-dealkylation sites (tertiary alicyclic amines) is 1. The fourth-order valence-corrected chi connectivity index (χ4v) is 5.51. The molecule has 176 valence electrons. The molecule has 33 heavy (non-hydrogen) atoms. The molecule has 0 amide bonds. The third-order valence-corrected chi connectivity index (χ3v) is 7.15. The Balaban J connectivity index is 1.45. The van der Waals surface area contributed by atoms with E-state index in [0.717, 1.165) is 36.3 Å². The van der Waals surface area contributed by atoms with Crippen molar-refractivity contribution < 1.29 is 0 Å². The average molecular weight is 444 g/mol. The summed E-state index contributed by atoms with van der Waals surface area (Å²) in [5.41, 5.74) is 5.86. The molecule has 0 bridgehead atoms. The van der Waals surface area contributed by atoms with E-state index in [0.29, 0.717) is 6.04 Å². The van der Waals surface area contributed by atoms with Crippen molar-refractivity contribution in [3.05, 3.63) is 77.1 Å². The molecule has 1 aliphatic carbocycles. The van der Waals surface area contributed by atoms with Gasteiger partial charge in [-0.3, -0.25) is 4.90 Å². The number of benzene rings is 1. The van der Waals surface area contributed by atoms with E-state index >= 15 is 0 Å². The molecule has 2 aromatic rings. The van der Waals surface area contributed by atoms with Gasteiger partial charge in [-0.25, -0.2) is 4.98 Å². The van der Waals surface area contributed by atoms with E-state index in [1.807, 2.05) is 0 Å². The molecule has 2 fully saturated rings. The van der Waals surface area contributed by atoms with Crippen LogP contribution in [0.4, 0.5) is 0 Å². The van der Waals surface area contributed by atoms with Gasteiger partial charge in [-0.1, -0.05) is 61.9 Å². The third-order valence-electron chi connectivity index (χ3n) is 7.15. The average Bonchev–Trinajstić information content (AvgIpc) is 3.31. The lowest BCUT2D eigenvalue weighted by Gasteiger charge is -2.31. The summed E-state index contributed by atoms with van der Waals surface area (Å²) in [6.45, 7) is 11.2. The van der Waals surface area contributed by atoms with Gasteiger partial charge in [0, 0.05) is 24.7 Å². The summed E-state index contributed by atoms with van der Waals surface area (Å²) in [5.74, 6) is 1.67. The van der Waals surface area contributed by atoms with Crippen LogP contribution in [0.5, 0.6) is 0 Å². The summed E-state index contributed by atoms with van der Waals surface area (Å²) in [5, 5.41) is 3.74. The first-order valence-corrected chi connectivity index (χ1v) is 12.9. The Morgan fingerprint density at radius 1 is 1.00 bits per heavy atom. The Morgan fingerprint density at radius 2 is 1.73 bits per heavy atom. The molecule has 1 N–H and O–H groups in total. The highest BCUT2D eigenvalue weighted by Crippen LogP contribution is 2.28. The Kier molecular flexibility index (Phi) is 8.52. The van der Waals surface area contributed by atoms with Crippen LogP contribution in [-0.4, -0.2) is 42.1 Å². The van der Waals surface area contributed by atoms with Crippen LogP contribution in [0.1, 0.15) is 68.5 Å². The smallest absolute Gasteiger partial charge is 0.0712 e. The van der Waals surface area contributed by atoms with Crippen molar-refractivity contribution >= 4 is 11.6 Å². The number of nitrogens with one attached hydrogen (secondary N) is 1. The molecule has 1 aromatic heterocycles. The van der Waals surface area contributed by atoms with Crippen molar-refractivity contribution in [3.63, 3.8) is 0 Å². The van der Waals surface area contributed by atoms with Crippen molar-refractivity contribution in [1.82, 2.24) is 15.2 Å². The zero-order valence-electron chi connectivity index (χ0n) is 20.8. The summed E-state index contributed by atoms with van der Waals surface area (Å²) in [6.07, 6.45) is 13.4. The summed E-state index contributed by atoms with van der Waals surface area (Å²) >= 11 is 0. The molecule has 3 heteroatoms. The number of aryl methyl sites for hydroxylation is 1. The van der Waals surface area contributed by atoms with E-state index in [4.69, 9.17) is 4.98 Å². The predicted molar refractivity (Wildman–Crippen MR) is 141 cm³/mol. The normalized spacial score (nSPS) is 24.6. The highest BCUT2D eigenvalue weighted by Gasteiger charge is 2.22. The van der Waals surface area contributed by atoms with Crippen LogP contribution in [0.15, 0.2) is 54.6 Å². The summed E-state index contributed by atoms with van der Waals surface area (Å²) in [6, 6.07) is 15.9. The van der Waals surface area contributed by atoms with Crippen LogP contribution in [0.25, 0.3) is 11.6 Å². The highest BCUT2D eigenvalue weighted by molar-refractivity contribution is 5.78. The number of hydrogen-bond acceptors (Lipinski definition) is 3. The van der Waals surface area contributed by atoms with Crippen LogP contribution in [0, 0.1) is 18.8 Å². The summed E-state index contributed by atoms with van der Waals surface area (Å²) < 4.78 is 0. The quantitative estimate of drug-likeness (QED) is 0.515. The molecule has 3 nitrogen and oxygen atoms in total. The molecule has 1 saturated carbocycles. The van der Waals surface area contributed by atoms with Crippen LogP contribution in [0.2, 0.25) is 0 Å². The van der Waals surface area contributed by atoms with Gasteiger partial charge in [0.15, 0.2) is 0 Å². The van der Waals surface area contributed by atoms with E-state index < -0.39 is 0 Å². The molecule has 1 saturated heterocycles. The largest absolute Gasteiger partial charge is 0.310 e. The Bertz CT molecular complexity index is 927. The van der Waals surface area contributed by atoms with Crippen LogP contribution < -0.4 is 5.32 Å². The zero-order valence-corrected chi connectivity index (χ0v) is 20.8. The lowest BCUT2D eigenvalue weighted by Crippen LogP contribution is -2.36. The molecule has 0 spiro atoms. The number of aromatic nitrogens is 1. The van der Waals surface area contributed by atoms with Gasteiger partial charge in [0.05, 0.1) is 11.4 Å². The lowest BCUT2D eigenvalue weighted by molar-refractivity contribution is 0.243. The van der Waals surface area contributed by atoms with Gasteiger partial charge in [-0.15, -0.1) is 0 Å². The van der Waals surface area contributed by atoms with E-state index in [2.05, 4.69) is 91.7 Å². The molecular weight excluding hydrogens is 402 g/mol. The van der Waals surface area contributed by atoms with Gasteiger partial charge in [-0.05, 0) is 87.7 Å². The fourth-order valence-electron chi connectivity index (χ4n) is 5.51. The van der Waals surface area contributed by atoms with Crippen LogP contribution in [-0.2, 0) is 0 Å². The van der Waals surface area contributed by atoms with Gasteiger partial charge in [-0.2, -0.15) is 0 Å². The maximum absolute atomic E-state index is 5.02. The SMILES string of the molecule is Cc1ccc(/C(=C\CN2CCCC2)c2cccc(/C=C/CNC3CC(C)CC(C)C3)n2)cc1. The summed E-state index contributed by atoms with van der Waals surface area (Å²) in [7, 11) is 0. The van der Waals surface area contributed by atoms with Gasteiger partial charge < -0.3 is 5.32 Å². The van der Waals surface area contributed by atoms with Crippen molar-refractivity contribution in [2.24, 2.45) is 11.8 Å².